The highest BCUT2D eigenvalue weighted by atomic mass is 16.5. The van der Waals surface area contributed by atoms with Crippen LogP contribution in [0, 0.1) is 0 Å². The summed E-state index contributed by atoms with van der Waals surface area (Å²) < 4.78 is 12.4. The van der Waals surface area contributed by atoms with E-state index in [0.29, 0.717) is 5.88 Å². The second-order valence-corrected chi connectivity index (χ2v) is 6.45. The molecule has 8 heteroatoms. The monoisotopic (exact) mass is 368 g/mol. The maximum atomic E-state index is 5.39. The second kappa shape index (κ2) is 8.32. The topological polar surface area (TPSA) is 76.8 Å². The van der Waals surface area contributed by atoms with E-state index < -0.39 is 0 Å². The Morgan fingerprint density at radius 2 is 2.04 bits per heavy atom. The van der Waals surface area contributed by atoms with Gasteiger partial charge in [0.25, 0.3) is 0 Å². The first-order valence-electron chi connectivity index (χ1n) is 9.22. The van der Waals surface area contributed by atoms with E-state index in [-0.39, 0.29) is 0 Å². The fourth-order valence-corrected chi connectivity index (χ4v) is 3.23. The van der Waals surface area contributed by atoms with Gasteiger partial charge in [0, 0.05) is 49.2 Å². The van der Waals surface area contributed by atoms with Crippen LogP contribution in [0.1, 0.15) is 6.42 Å². The molecule has 1 fully saturated rings. The van der Waals surface area contributed by atoms with Gasteiger partial charge in [0.05, 0.1) is 26.5 Å². The third-order valence-corrected chi connectivity index (χ3v) is 4.72. The molecular formula is C19H24N6O2. The molecule has 0 amide bonds. The number of nitrogens with zero attached hydrogens (tertiary/aromatic N) is 5. The van der Waals surface area contributed by atoms with Gasteiger partial charge in [-0.1, -0.05) is 0 Å². The summed E-state index contributed by atoms with van der Waals surface area (Å²) in [6.07, 6.45) is 6.48. The van der Waals surface area contributed by atoms with Crippen LogP contribution in [-0.2, 0) is 4.74 Å². The van der Waals surface area contributed by atoms with E-state index in [2.05, 4.69) is 25.3 Å². The largest absolute Gasteiger partial charge is 0.481 e. The lowest BCUT2D eigenvalue weighted by Gasteiger charge is -2.26. The Balaban J connectivity index is 1.43. The molecule has 0 radical (unpaired) electrons. The third kappa shape index (κ3) is 4.01. The highest BCUT2D eigenvalue weighted by Gasteiger charge is 2.12. The molecule has 27 heavy (non-hydrogen) atoms. The first-order chi connectivity index (χ1) is 13.3. The zero-order valence-corrected chi connectivity index (χ0v) is 15.5. The van der Waals surface area contributed by atoms with Crippen molar-refractivity contribution in [2.75, 3.05) is 51.8 Å². The molecule has 0 atom stereocenters. The number of nitrogens with one attached hydrogen (secondary N) is 1. The van der Waals surface area contributed by atoms with Crippen LogP contribution in [0.5, 0.6) is 5.88 Å². The van der Waals surface area contributed by atoms with E-state index in [9.17, 15) is 0 Å². The minimum absolute atomic E-state index is 0.589. The Morgan fingerprint density at radius 1 is 1.15 bits per heavy atom. The van der Waals surface area contributed by atoms with Gasteiger partial charge in [0.15, 0.2) is 5.65 Å². The molecule has 8 nitrogen and oxygen atoms in total. The Kier molecular flexibility index (Phi) is 5.45. The fraction of sp³-hybridized carbons (Fsp3) is 0.421. The lowest BCUT2D eigenvalue weighted by atomic mass is 10.1. The summed E-state index contributed by atoms with van der Waals surface area (Å²) in [4.78, 5) is 11.2. The average Bonchev–Trinajstić information content (AvgIpc) is 3.17. The molecule has 0 saturated carbocycles. The van der Waals surface area contributed by atoms with Crippen molar-refractivity contribution in [3.05, 3.63) is 36.8 Å². The van der Waals surface area contributed by atoms with E-state index in [4.69, 9.17) is 9.47 Å². The van der Waals surface area contributed by atoms with E-state index >= 15 is 0 Å². The van der Waals surface area contributed by atoms with Crippen LogP contribution >= 0.6 is 0 Å². The highest BCUT2D eigenvalue weighted by molar-refractivity contribution is 5.77. The van der Waals surface area contributed by atoms with Gasteiger partial charge >= 0.3 is 0 Å². The van der Waals surface area contributed by atoms with Crippen LogP contribution in [0.3, 0.4) is 0 Å². The molecule has 142 valence electrons. The van der Waals surface area contributed by atoms with Gasteiger partial charge in [-0.25, -0.2) is 9.97 Å². The Labute approximate surface area is 158 Å². The molecule has 0 aromatic carbocycles. The van der Waals surface area contributed by atoms with Crippen molar-refractivity contribution in [1.82, 2.24) is 24.5 Å². The number of fused-ring (bicyclic) bond motifs is 1. The number of aromatic nitrogens is 4. The zero-order valence-electron chi connectivity index (χ0n) is 15.5. The van der Waals surface area contributed by atoms with Crippen molar-refractivity contribution in [1.29, 1.82) is 0 Å². The number of morpholine rings is 1. The molecule has 1 aliphatic rings. The molecule has 3 aromatic heterocycles. The lowest BCUT2D eigenvalue weighted by Crippen LogP contribution is -2.37. The number of rotatable bonds is 7. The highest BCUT2D eigenvalue weighted by Crippen LogP contribution is 2.25. The molecule has 0 aliphatic carbocycles. The van der Waals surface area contributed by atoms with Crippen molar-refractivity contribution in [2.45, 2.75) is 6.42 Å². The Bertz CT molecular complexity index is 874. The van der Waals surface area contributed by atoms with Crippen molar-refractivity contribution in [3.63, 3.8) is 0 Å². The molecule has 4 rings (SSSR count). The first-order valence-corrected chi connectivity index (χ1v) is 9.22. The van der Waals surface area contributed by atoms with Crippen molar-refractivity contribution in [3.8, 4) is 17.0 Å². The zero-order chi connectivity index (χ0) is 18.5. The van der Waals surface area contributed by atoms with Crippen LogP contribution in [0.15, 0.2) is 36.8 Å². The van der Waals surface area contributed by atoms with E-state index in [1.165, 1.54) is 0 Å². The smallest absolute Gasteiger partial charge is 0.212 e. The van der Waals surface area contributed by atoms with Crippen LogP contribution in [0.25, 0.3) is 16.8 Å². The molecule has 3 aromatic rings. The van der Waals surface area contributed by atoms with Gasteiger partial charge in [0.1, 0.15) is 5.82 Å². The number of hydrogen-bond donors (Lipinski definition) is 1. The van der Waals surface area contributed by atoms with E-state index in [1.54, 1.807) is 13.3 Å². The van der Waals surface area contributed by atoms with Crippen LogP contribution in [0.4, 0.5) is 5.82 Å². The predicted octanol–water partition coefficient (Wildman–Crippen LogP) is 1.93. The van der Waals surface area contributed by atoms with Gasteiger partial charge in [0.2, 0.25) is 5.88 Å². The molecular weight excluding hydrogens is 344 g/mol. The lowest BCUT2D eigenvalue weighted by molar-refractivity contribution is 0.0378. The van der Waals surface area contributed by atoms with Crippen molar-refractivity contribution >= 4 is 11.5 Å². The summed E-state index contributed by atoms with van der Waals surface area (Å²) in [5.74, 6) is 1.53. The first kappa shape index (κ1) is 17.7. The Hall–Kier alpha value is -2.71. The summed E-state index contributed by atoms with van der Waals surface area (Å²) in [6, 6.07) is 5.75. The summed E-state index contributed by atoms with van der Waals surface area (Å²) in [5.41, 5.74) is 2.71. The number of pyridine rings is 1. The quantitative estimate of drug-likeness (QED) is 0.639. The van der Waals surface area contributed by atoms with Crippen LogP contribution in [0.2, 0.25) is 0 Å². The molecule has 1 N–H and O–H groups in total. The van der Waals surface area contributed by atoms with Crippen molar-refractivity contribution in [2.24, 2.45) is 0 Å². The summed E-state index contributed by atoms with van der Waals surface area (Å²) in [5, 5.41) is 7.99. The number of hydrogen-bond acceptors (Lipinski definition) is 7. The molecule has 1 aliphatic heterocycles. The normalized spacial score (nSPS) is 15.1. The molecule has 4 heterocycles. The molecule has 0 bridgehead atoms. The number of ether oxygens (including phenoxy) is 2. The fourth-order valence-electron chi connectivity index (χ4n) is 3.23. The van der Waals surface area contributed by atoms with E-state index in [0.717, 1.165) is 68.4 Å². The Morgan fingerprint density at radius 3 is 2.81 bits per heavy atom. The summed E-state index contributed by atoms with van der Waals surface area (Å²) in [7, 11) is 1.61. The molecule has 0 unspecified atom stereocenters. The second-order valence-electron chi connectivity index (χ2n) is 6.45. The summed E-state index contributed by atoms with van der Waals surface area (Å²) in [6.45, 7) is 5.70. The standard InChI is InChI=1S/C19H24N6O2/c1-26-18-4-3-15(13-22-18)16-14-23-25-17(5-7-21-19(16)25)20-6-2-8-24-9-11-27-12-10-24/h3-5,7,13-14,20H,2,6,8-12H2,1H3. The molecule has 1 saturated heterocycles. The third-order valence-electron chi connectivity index (χ3n) is 4.72. The van der Waals surface area contributed by atoms with Crippen molar-refractivity contribution < 1.29 is 9.47 Å². The van der Waals surface area contributed by atoms with E-state index in [1.807, 2.05) is 35.1 Å². The number of anilines is 1. The van der Waals surface area contributed by atoms with Gasteiger partial charge in [-0.3, -0.25) is 4.90 Å². The van der Waals surface area contributed by atoms with Gasteiger partial charge in [-0.05, 0) is 25.1 Å². The van der Waals surface area contributed by atoms with Gasteiger partial charge in [-0.15, -0.1) is 0 Å². The number of methoxy groups -OCH3 is 1. The maximum absolute atomic E-state index is 5.39. The maximum Gasteiger partial charge on any atom is 0.212 e. The minimum atomic E-state index is 0.589. The minimum Gasteiger partial charge on any atom is -0.481 e. The SMILES string of the molecule is COc1ccc(-c2cnn3c(NCCCN4CCOCC4)ccnc23)cn1. The summed E-state index contributed by atoms with van der Waals surface area (Å²) >= 11 is 0. The van der Waals surface area contributed by atoms with Gasteiger partial charge < -0.3 is 14.8 Å². The predicted molar refractivity (Wildman–Crippen MR) is 103 cm³/mol. The average molecular weight is 368 g/mol. The van der Waals surface area contributed by atoms with Crippen LogP contribution in [-0.4, -0.2) is 71.0 Å². The van der Waals surface area contributed by atoms with Crippen LogP contribution < -0.4 is 10.1 Å². The molecule has 0 spiro atoms. The van der Waals surface area contributed by atoms with Gasteiger partial charge in [-0.2, -0.15) is 9.61 Å².